The molecule has 2 heterocycles. The van der Waals surface area contributed by atoms with E-state index in [4.69, 9.17) is 4.98 Å². The lowest BCUT2D eigenvalue weighted by molar-refractivity contribution is -0.122. The van der Waals surface area contributed by atoms with E-state index in [1.165, 1.54) is 4.70 Å². The lowest BCUT2D eigenvalue weighted by Crippen LogP contribution is -2.50. The number of hydrogen-bond donors (Lipinski definition) is 1. The van der Waals surface area contributed by atoms with Crippen molar-refractivity contribution in [2.75, 3.05) is 37.6 Å². The molecule has 0 spiro atoms. The quantitative estimate of drug-likeness (QED) is 0.913. The number of rotatable bonds is 5. The third-order valence-corrected chi connectivity index (χ3v) is 5.41. The van der Waals surface area contributed by atoms with Gasteiger partial charge < -0.3 is 10.2 Å². The summed E-state index contributed by atoms with van der Waals surface area (Å²) in [7, 11) is 0. The van der Waals surface area contributed by atoms with Crippen LogP contribution in [0, 0.1) is 0 Å². The molecule has 2 aromatic rings. The summed E-state index contributed by atoms with van der Waals surface area (Å²) in [5.74, 6) is 0.132. The Bertz CT molecular complexity index is 630. The van der Waals surface area contributed by atoms with Gasteiger partial charge in [-0.2, -0.15) is 0 Å². The fourth-order valence-corrected chi connectivity index (χ4v) is 3.74. The highest BCUT2D eigenvalue weighted by atomic mass is 32.1. The van der Waals surface area contributed by atoms with Crippen LogP contribution in [0.15, 0.2) is 24.3 Å². The summed E-state index contributed by atoms with van der Waals surface area (Å²) in [6.07, 6.45) is 0.969. The summed E-state index contributed by atoms with van der Waals surface area (Å²) in [4.78, 5) is 21.2. The van der Waals surface area contributed by atoms with Gasteiger partial charge in [0.1, 0.15) is 0 Å². The van der Waals surface area contributed by atoms with Gasteiger partial charge in [-0.25, -0.2) is 4.98 Å². The number of nitrogens with one attached hydrogen (secondary N) is 1. The zero-order chi connectivity index (χ0) is 16.2. The molecular weight excluding hydrogens is 308 g/mol. The summed E-state index contributed by atoms with van der Waals surface area (Å²) in [5, 5.41) is 4.13. The first-order valence-electron chi connectivity index (χ1n) is 8.28. The molecule has 0 radical (unpaired) electrons. The van der Waals surface area contributed by atoms with Gasteiger partial charge in [-0.15, -0.1) is 0 Å². The van der Waals surface area contributed by atoms with E-state index in [0.717, 1.165) is 43.2 Å². The number of aromatic nitrogens is 1. The molecule has 5 nitrogen and oxygen atoms in total. The van der Waals surface area contributed by atoms with Crippen LogP contribution in [0.5, 0.6) is 0 Å². The normalized spacial score (nSPS) is 17.4. The highest BCUT2D eigenvalue weighted by Crippen LogP contribution is 2.28. The maximum Gasteiger partial charge on any atom is 0.234 e. The Balaban J connectivity index is 1.53. The minimum absolute atomic E-state index is 0.132. The van der Waals surface area contributed by atoms with Crippen LogP contribution in [0.25, 0.3) is 10.2 Å². The van der Waals surface area contributed by atoms with Gasteiger partial charge in [-0.3, -0.25) is 9.69 Å². The highest BCUT2D eigenvalue weighted by Gasteiger charge is 2.21. The number of fused-ring (bicyclic) bond motifs is 1. The van der Waals surface area contributed by atoms with Crippen LogP contribution in [-0.4, -0.2) is 54.6 Å². The summed E-state index contributed by atoms with van der Waals surface area (Å²) >= 11 is 1.75. The fourth-order valence-electron chi connectivity index (χ4n) is 2.72. The molecule has 1 aromatic heterocycles. The number of piperazine rings is 1. The predicted octanol–water partition coefficient (Wildman–Crippen LogP) is 2.33. The summed E-state index contributed by atoms with van der Waals surface area (Å²) in [6, 6.07) is 8.51. The van der Waals surface area contributed by atoms with Gasteiger partial charge in [0.15, 0.2) is 5.13 Å². The van der Waals surface area contributed by atoms with Crippen LogP contribution < -0.4 is 10.2 Å². The molecule has 1 saturated heterocycles. The Morgan fingerprint density at radius 2 is 2.04 bits per heavy atom. The van der Waals surface area contributed by atoms with E-state index in [9.17, 15) is 4.79 Å². The zero-order valence-corrected chi connectivity index (χ0v) is 14.6. The Labute approximate surface area is 141 Å². The predicted molar refractivity (Wildman–Crippen MR) is 96.2 cm³/mol. The standard InChI is InChI=1S/C17H24N4OS/c1-3-13(2)18-16(22)12-20-8-10-21(11-9-20)17-19-14-6-4-5-7-15(14)23-17/h4-7,13H,3,8-12H2,1-2H3,(H,18,22). The largest absolute Gasteiger partial charge is 0.353 e. The van der Waals surface area contributed by atoms with Crippen molar-refractivity contribution in [1.29, 1.82) is 0 Å². The molecule has 1 fully saturated rings. The molecule has 1 aliphatic rings. The van der Waals surface area contributed by atoms with Gasteiger partial charge in [-0.1, -0.05) is 30.4 Å². The summed E-state index contributed by atoms with van der Waals surface area (Å²) in [6.45, 7) is 8.29. The van der Waals surface area contributed by atoms with Crippen molar-refractivity contribution in [3.8, 4) is 0 Å². The third-order valence-electron chi connectivity index (χ3n) is 4.31. The van der Waals surface area contributed by atoms with Gasteiger partial charge in [0, 0.05) is 32.2 Å². The molecule has 6 heteroatoms. The van der Waals surface area contributed by atoms with Crippen molar-refractivity contribution in [1.82, 2.24) is 15.2 Å². The number of thiazole rings is 1. The molecule has 1 aliphatic heterocycles. The molecule has 1 N–H and O–H groups in total. The van der Waals surface area contributed by atoms with Crippen molar-refractivity contribution in [3.63, 3.8) is 0 Å². The molecule has 3 rings (SSSR count). The monoisotopic (exact) mass is 332 g/mol. The molecule has 23 heavy (non-hydrogen) atoms. The fraction of sp³-hybridized carbons (Fsp3) is 0.529. The van der Waals surface area contributed by atoms with Gasteiger partial charge in [-0.05, 0) is 25.5 Å². The number of amides is 1. The lowest BCUT2D eigenvalue weighted by Gasteiger charge is -2.34. The number of hydrogen-bond acceptors (Lipinski definition) is 5. The first kappa shape index (κ1) is 16.2. The number of benzene rings is 1. The maximum absolute atomic E-state index is 12.0. The second kappa shape index (κ2) is 7.27. The van der Waals surface area contributed by atoms with Gasteiger partial charge in [0.2, 0.25) is 5.91 Å². The van der Waals surface area contributed by atoms with E-state index in [0.29, 0.717) is 6.54 Å². The molecule has 124 valence electrons. The Hall–Kier alpha value is -1.66. The van der Waals surface area contributed by atoms with Crippen molar-refractivity contribution in [2.24, 2.45) is 0 Å². The highest BCUT2D eigenvalue weighted by molar-refractivity contribution is 7.22. The first-order chi connectivity index (χ1) is 11.2. The van der Waals surface area contributed by atoms with E-state index in [1.807, 2.05) is 13.0 Å². The molecule has 0 aliphatic carbocycles. The lowest BCUT2D eigenvalue weighted by atomic mass is 10.2. The minimum Gasteiger partial charge on any atom is -0.353 e. The third kappa shape index (κ3) is 4.00. The number of carbonyl (C=O) groups excluding carboxylic acids is 1. The van der Waals surface area contributed by atoms with Crippen LogP contribution in [0.4, 0.5) is 5.13 Å². The van der Waals surface area contributed by atoms with Crippen LogP contribution >= 0.6 is 11.3 Å². The number of carbonyl (C=O) groups is 1. The van der Waals surface area contributed by atoms with Crippen LogP contribution in [0.1, 0.15) is 20.3 Å². The molecule has 0 saturated carbocycles. The smallest absolute Gasteiger partial charge is 0.234 e. The van der Waals surface area contributed by atoms with Crippen molar-refractivity contribution in [3.05, 3.63) is 24.3 Å². The molecule has 1 unspecified atom stereocenters. The minimum atomic E-state index is 0.132. The van der Waals surface area contributed by atoms with E-state index in [2.05, 4.69) is 40.2 Å². The van der Waals surface area contributed by atoms with Crippen LogP contribution in [-0.2, 0) is 4.79 Å². The van der Waals surface area contributed by atoms with E-state index >= 15 is 0 Å². The maximum atomic E-state index is 12.0. The molecule has 1 amide bonds. The van der Waals surface area contributed by atoms with Gasteiger partial charge >= 0.3 is 0 Å². The second-order valence-corrected chi connectivity index (χ2v) is 7.11. The van der Waals surface area contributed by atoms with Crippen molar-refractivity contribution < 1.29 is 4.79 Å². The van der Waals surface area contributed by atoms with Gasteiger partial charge in [0.05, 0.1) is 16.8 Å². The van der Waals surface area contributed by atoms with Crippen molar-refractivity contribution >= 4 is 32.6 Å². The SMILES string of the molecule is CCC(C)NC(=O)CN1CCN(c2nc3ccccc3s2)CC1. The van der Waals surface area contributed by atoms with Crippen LogP contribution in [0.3, 0.4) is 0 Å². The van der Waals surface area contributed by atoms with E-state index < -0.39 is 0 Å². The summed E-state index contributed by atoms with van der Waals surface area (Å²) < 4.78 is 1.23. The number of para-hydroxylation sites is 1. The first-order valence-corrected chi connectivity index (χ1v) is 9.09. The Morgan fingerprint density at radius 3 is 2.74 bits per heavy atom. The van der Waals surface area contributed by atoms with E-state index in [-0.39, 0.29) is 11.9 Å². The molecular formula is C17H24N4OS. The average Bonchev–Trinajstić information content (AvgIpc) is 2.99. The zero-order valence-electron chi connectivity index (χ0n) is 13.8. The summed E-state index contributed by atoms with van der Waals surface area (Å²) in [5.41, 5.74) is 1.07. The average molecular weight is 332 g/mol. The molecule has 1 aromatic carbocycles. The Morgan fingerprint density at radius 1 is 1.30 bits per heavy atom. The van der Waals surface area contributed by atoms with Crippen LogP contribution in [0.2, 0.25) is 0 Å². The number of anilines is 1. The van der Waals surface area contributed by atoms with Gasteiger partial charge in [0.25, 0.3) is 0 Å². The van der Waals surface area contributed by atoms with E-state index in [1.54, 1.807) is 11.3 Å². The molecule has 1 atom stereocenters. The van der Waals surface area contributed by atoms with Crippen molar-refractivity contribution in [2.45, 2.75) is 26.3 Å². The number of nitrogens with zero attached hydrogens (tertiary/aromatic N) is 3. The Kier molecular flexibility index (Phi) is 5.13. The molecule has 0 bridgehead atoms. The topological polar surface area (TPSA) is 48.5 Å². The second-order valence-electron chi connectivity index (χ2n) is 6.10.